The maximum absolute atomic E-state index is 12.8. The number of nitrogens with two attached hydrogens (primary N) is 1. The topological polar surface area (TPSA) is 134 Å². The molecule has 0 radical (unpaired) electrons. The molecule has 0 saturated heterocycles. The van der Waals surface area contributed by atoms with E-state index >= 15 is 0 Å². The molecule has 474 valence electrons. The molecule has 0 aromatic carbocycles. The van der Waals surface area contributed by atoms with Crippen LogP contribution in [0.15, 0.2) is 24.3 Å². The van der Waals surface area contributed by atoms with Crippen LogP contribution < -0.4 is 5.73 Å². The van der Waals surface area contributed by atoms with Crippen molar-refractivity contribution in [3.63, 3.8) is 0 Å². The van der Waals surface area contributed by atoms with Gasteiger partial charge in [-0.25, -0.2) is 4.57 Å². The number of hydrogen-bond donors (Lipinski definition) is 2. The highest BCUT2D eigenvalue weighted by atomic mass is 31.2. The molecule has 10 heteroatoms. The Labute approximate surface area is 497 Å². The third kappa shape index (κ3) is 65.6. The van der Waals surface area contributed by atoms with Gasteiger partial charge in [0.15, 0.2) is 6.10 Å². The van der Waals surface area contributed by atoms with Gasteiger partial charge in [0.1, 0.15) is 6.61 Å². The van der Waals surface area contributed by atoms with Crippen molar-refractivity contribution in [2.45, 2.75) is 386 Å². The Balaban J connectivity index is 3.79. The summed E-state index contributed by atoms with van der Waals surface area (Å²) in [5.74, 6) is -0.801. The molecular weight excluding hydrogens is 1010 g/mol. The Morgan fingerprint density at radius 3 is 0.950 bits per heavy atom. The molecule has 2 unspecified atom stereocenters. The number of ether oxygens (including phenoxy) is 2. The zero-order chi connectivity index (χ0) is 58.0. The quantitative estimate of drug-likeness (QED) is 0.0264. The van der Waals surface area contributed by atoms with Gasteiger partial charge in [0.05, 0.1) is 13.2 Å². The Morgan fingerprint density at radius 1 is 0.375 bits per heavy atom. The number of phosphoric acid groups is 1. The standard InChI is InChI=1S/C70H136NO8P/c1-3-5-7-9-11-13-15-17-19-21-23-25-27-29-30-31-32-33-34-35-36-37-38-39-41-43-45-47-49-51-53-55-57-59-61-63-70(73)79-68(67-78-80(74,75)77-65-64-71)66-76-69(72)62-60-58-56-54-52-50-48-46-44-42-40-28-26-24-22-20-18-16-14-12-10-8-6-4-2/h15,17,21,23,68H,3-14,16,18-20,22,24-67,71H2,1-2H3,(H,74,75)/b17-15-,23-21-. The monoisotopic (exact) mass is 1150 g/mol. The van der Waals surface area contributed by atoms with Crippen molar-refractivity contribution in [1.82, 2.24) is 0 Å². The first-order valence-corrected chi connectivity index (χ1v) is 36.8. The highest BCUT2D eigenvalue weighted by Gasteiger charge is 2.26. The number of esters is 2. The minimum atomic E-state index is -4.39. The first-order chi connectivity index (χ1) is 39.3. The number of carbonyl (C=O) groups is 2. The van der Waals surface area contributed by atoms with Crippen LogP contribution in [0.2, 0.25) is 0 Å². The molecule has 0 fully saturated rings. The lowest BCUT2D eigenvalue weighted by molar-refractivity contribution is -0.161. The van der Waals surface area contributed by atoms with Crippen LogP contribution in [-0.2, 0) is 32.7 Å². The van der Waals surface area contributed by atoms with Crippen LogP contribution in [0.1, 0.15) is 380 Å². The molecule has 2 atom stereocenters. The van der Waals surface area contributed by atoms with Crippen molar-refractivity contribution in [3.05, 3.63) is 24.3 Å². The zero-order valence-electron chi connectivity index (χ0n) is 53.3. The lowest BCUT2D eigenvalue weighted by Crippen LogP contribution is -2.29. The number of unbranched alkanes of at least 4 members (excludes halogenated alkanes) is 51. The molecule has 0 amide bonds. The number of rotatable bonds is 68. The molecule has 0 saturated carbocycles. The minimum Gasteiger partial charge on any atom is -0.462 e. The largest absolute Gasteiger partial charge is 0.472 e. The molecule has 0 aliphatic rings. The van der Waals surface area contributed by atoms with Gasteiger partial charge in [-0.15, -0.1) is 0 Å². The van der Waals surface area contributed by atoms with Crippen molar-refractivity contribution < 1.29 is 37.6 Å². The SMILES string of the molecule is CCCCCCC/C=C\C/C=C\CCCCCCCCCCCCCCCCCCCCCCCCCC(=O)OC(COC(=O)CCCCCCCCCCCCCCCCCCCCCCCCCC)COP(=O)(O)OCCN. The first-order valence-electron chi connectivity index (χ1n) is 35.3. The maximum atomic E-state index is 12.8. The van der Waals surface area contributed by atoms with Gasteiger partial charge in [-0.1, -0.05) is 346 Å². The van der Waals surface area contributed by atoms with E-state index in [0.29, 0.717) is 6.42 Å². The van der Waals surface area contributed by atoms with Gasteiger partial charge in [-0.3, -0.25) is 18.6 Å². The van der Waals surface area contributed by atoms with Gasteiger partial charge in [0.25, 0.3) is 0 Å². The summed E-state index contributed by atoms with van der Waals surface area (Å²) in [6.07, 6.45) is 81.4. The first kappa shape index (κ1) is 78.5. The third-order valence-electron chi connectivity index (χ3n) is 16.1. The number of phosphoric ester groups is 1. The van der Waals surface area contributed by atoms with Crippen molar-refractivity contribution in [1.29, 1.82) is 0 Å². The summed E-state index contributed by atoms with van der Waals surface area (Å²) in [4.78, 5) is 35.3. The molecule has 0 aliphatic carbocycles. The van der Waals surface area contributed by atoms with E-state index in [1.807, 2.05) is 0 Å². The van der Waals surface area contributed by atoms with Gasteiger partial charge >= 0.3 is 19.8 Å². The van der Waals surface area contributed by atoms with E-state index < -0.39 is 26.5 Å². The average Bonchev–Trinajstić information content (AvgIpc) is 3.45. The summed E-state index contributed by atoms with van der Waals surface area (Å²) in [6, 6.07) is 0. The number of allylic oxidation sites excluding steroid dienone is 4. The van der Waals surface area contributed by atoms with Crippen molar-refractivity contribution >= 4 is 19.8 Å². The fourth-order valence-electron chi connectivity index (χ4n) is 10.8. The van der Waals surface area contributed by atoms with E-state index in [0.717, 1.165) is 38.5 Å². The lowest BCUT2D eigenvalue weighted by Gasteiger charge is -2.19. The van der Waals surface area contributed by atoms with Crippen LogP contribution >= 0.6 is 7.82 Å². The van der Waals surface area contributed by atoms with Crippen LogP contribution in [0.25, 0.3) is 0 Å². The second kappa shape index (κ2) is 66.6. The predicted octanol–water partition coefficient (Wildman–Crippen LogP) is 22.9. The van der Waals surface area contributed by atoms with Crippen LogP contribution in [0.5, 0.6) is 0 Å². The smallest absolute Gasteiger partial charge is 0.462 e. The summed E-state index contributed by atoms with van der Waals surface area (Å²) < 4.78 is 33.2. The highest BCUT2D eigenvalue weighted by molar-refractivity contribution is 7.47. The predicted molar refractivity (Wildman–Crippen MR) is 344 cm³/mol. The second-order valence-corrected chi connectivity index (χ2v) is 25.6. The molecule has 0 spiro atoms. The van der Waals surface area contributed by atoms with Crippen molar-refractivity contribution in [3.8, 4) is 0 Å². The molecule has 0 aliphatic heterocycles. The van der Waals surface area contributed by atoms with E-state index in [1.54, 1.807) is 0 Å². The van der Waals surface area contributed by atoms with Crippen LogP contribution in [0, 0.1) is 0 Å². The summed E-state index contributed by atoms with van der Waals surface area (Å²) in [7, 11) is -4.39. The number of carbonyl (C=O) groups excluding carboxylic acids is 2. The van der Waals surface area contributed by atoms with E-state index in [4.69, 9.17) is 24.3 Å². The zero-order valence-corrected chi connectivity index (χ0v) is 54.2. The summed E-state index contributed by atoms with van der Waals surface area (Å²) >= 11 is 0. The Kier molecular flexibility index (Phi) is 65.4. The molecular formula is C70H136NO8P. The molecule has 0 rings (SSSR count). The van der Waals surface area contributed by atoms with Crippen LogP contribution in [-0.4, -0.2) is 49.3 Å². The fraction of sp³-hybridized carbons (Fsp3) is 0.914. The third-order valence-corrected chi connectivity index (χ3v) is 17.1. The lowest BCUT2D eigenvalue weighted by atomic mass is 10.0. The summed E-state index contributed by atoms with van der Waals surface area (Å²) in [5, 5.41) is 0. The Bertz CT molecular complexity index is 1360. The van der Waals surface area contributed by atoms with Crippen molar-refractivity contribution in [2.75, 3.05) is 26.4 Å². The van der Waals surface area contributed by atoms with Gasteiger partial charge in [0.2, 0.25) is 0 Å². The highest BCUT2D eigenvalue weighted by Crippen LogP contribution is 2.43. The Hall–Kier alpha value is -1.51. The fourth-order valence-corrected chi connectivity index (χ4v) is 11.6. The second-order valence-electron chi connectivity index (χ2n) is 24.1. The average molecular weight is 1150 g/mol. The molecule has 0 heterocycles. The van der Waals surface area contributed by atoms with E-state index in [9.17, 15) is 19.0 Å². The minimum absolute atomic E-state index is 0.0574. The van der Waals surface area contributed by atoms with Gasteiger partial charge in [0, 0.05) is 19.4 Å². The molecule has 80 heavy (non-hydrogen) atoms. The summed E-state index contributed by atoms with van der Waals surface area (Å²) in [6.45, 7) is 3.82. The molecule has 9 nitrogen and oxygen atoms in total. The van der Waals surface area contributed by atoms with Crippen molar-refractivity contribution in [2.24, 2.45) is 5.73 Å². The number of hydrogen-bond acceptors (Lipinski definition) is 8. The van der Waals surface area contributed by atoms with Gasteiger partial charge in [-0.05, 0) is 44.9 Å². The van der Waals surface area contributed by atoms with Crippen LogP contribution in [0.3, 0.4) is 0 Å². The van der Waals surface area contributed by atoms with E-state index in [-0.39, 0.29) is 38.6 Å². The maximum Gasteiger partial charge on any atom is 0.472 e. The van der Waals surface area contributed by atoms with Gasteiger partial charge < -0.3 is 20.1 Å². The Morgan fingerprint density at radius 2 is 0.650 bits per heavy atom. The van der Waals surface area contributed by atoms with E-state index in [1.165, 1.54) is 308 Å². The van der Waals surface area contributed by atoms with Crippen LogP contribution in [0.4, 0.5) is 0 Å². The molecule has 0 aromatic rings. The molecule has 0 bridgehead atoms. The molecule has 0 aromatic heterocycles. The van der Waals surface area contributed by atoms with E-state index in [2.05, 4.69) is 38.2 Å². The summed E-state index contributed by atoms with van der Waals surface area (Å²) in [5.41, 5.74) is 5.40. The normalized spacial score (nSPS) is 13.0. The molecule has 3 N–H and O–H groups in total. The van der Waals surface area contributed by atoms with Gasteiger partial charge in [-0.2, -0.15) is 0 Å².